The summed E-state index contributed by atoms with van der Waals surface area (Å²) >= 11 is 11.9. The minimum Gasteiger partial charge on any atom is -0.345 e. The molecule has 0 radical (unpaired) electrons. The maximum atomic E-state index is 12.7. The number of amidine groups is 1. The molecule has 0 spiro atoms. The third-order valence-electron chi connectivity index (χ3n) is 3.02. The maximum Gasteiger partial charge on any atom is 0.223 e. The van der Waals surface area contributed by atoms with E-state index < -0.39 is 7.14 Å². The Morgan fingerprint density at radius 1 is 1.39 bits per heavy atom. The summed E-state index contributed by atoms with van der Waals surface area (Å²) in [5.41, 5.74) is 2.05. The second-order valence-electron chi connectivity index (χ2n) is 5.16. The highest BCUT2D eigenvalue weighted by atomic mass is 35.5. The van der Waals surface area contributed by atoms with Gasteiger partial charge in [-0.2, -0.15) is 4.99 Å². The molecule has 0 aliphatic rings. The molecule has 2 rings (SSSR count). The van der Waals surface area contributed by atoms with Crippen LogP contribution in [0, 0.1) is 0 Å². The molecule has 0 bridgehead atoms. The molecule has 0 amide bonds. The Labute approximate surface area is 144 Å². The van der Waals surface area contributed by atoms with Crippen LogP contribution >= 0.6 is 30.3 Å². The number of imidazole rings is 1. The maximum absolute atomic E-state index is 12.7. The van der Waals surface area contributed by atoms with Gasteiger partial charge in [0, 0.05) is 0 Å². The van der Waals surface area contributed by atoms with Crippen molar-refractivity contribution in [1.29, 1.82) is 0 Å². The number of hydrogen-bond donors (Lipinski definition) is 2. The first-order valence-corrected chi connectivity index (χ1v) is 9.95. The summed E-state index contributed by atoms with van der Waals surface area (Å²) < 4.78 is 12.7. The van der Waals surface area contributed by atoms with Gasteiger partial charge < -0.3 is 14.9 Å². The summed E-state index contributed by atoms with van der Waals surface area (Å²) in [4.78, 5) is 14.9. The number of aliphatic imine (C=N–C) groups is 2. The van der Waals surface area contributed by atoms with Gasteiger partial charge in [-0.15, -0.1) is 0 Å². The Bertz CT molecular complexity index is 861. The summed E-state index contributed by atoms with van der Waals surface area (Å²) in [7, 11) is -2.62. The summed E-state index contributed by atoms with van der Waals surface area (Å²) in [5.74, 6) is 0.300. The zero-order valence-corrected chi connectivity index (χ0v) is 15.3. The Kier molecular flexibility index (Phi) is 5.30. The number of anilines is 1. The lowest BCUT2D eigenvalue weighted by molar-refractivity contribution is 0.588. The average molecular weight is 372 g/mol. The molecule has 0 aliphatic carbocycles. The molecule has 0 aliphatic heterocycles. The van der Waals surface area contributed by atoms with E-state index in [1.807, 2.05) is 6.07 Å². The number of aromatic amines is 1. The van der Waals surface area contributed by atoms with Gasteiger partial charge in [-0.3, -0.25) is 0 Å². The van der Waals surface area contributed by atoms with Gasteiger partial charge in [0.15, 0.2) is 0 Å². The molecule has 1 aromatic heterocycles. The number of fused-ring (bicyclic) bond motifs is 1. The number of hydrogen-bond acceptors (Lipinski definition) is 4. The van der Waals surface area contributed by atoms with Crippen molar-refractivity contribution in [3.8, 4) is 0 Å². The molecular formula is C14H16Cl2N5OP. The molecule has 2 N–H and O–H groups in total. The van der Waals surface area contributed by atoms with Gasteiger partial charge in [0.2, 0.25) is 5.29 Å². The van der Waals surface area contributed by atoms with E-state index >= 15 is 0 Å². The number of halogens is 2. The van der Waals surface area contributed by atoms with E-state index in [2.05, 4.69) is 32.0 Å². The van der Waals surface area contributed by atoms with Crippen molar-refractivity contribution in [3.63, 3.8) is 0 Å². The molecule has 0 atom stereocenters. The predicted octanol–water partition coefficient (Wildman–Crippen LogP) is 3.95. The van der Waals surface area contributed by atoms with Gasteiger partial charge in [-0.1, -0.05) is 11.6 Å². The second-order valence-corrected chi connectivity index (χ2v) is 9.21. The van der Waals surface area contributed by atoms with E-state index in [0.717, 1.165) is 5.52 Å². The van der Waals surface area contributed by atoms with E-state index in [0.29, 0.717) is 27.4 Å². The van der Waals surface area contributed by atoms with E-state index in [4.69, 9.17) is 23.2 Å². The van der Waals surface area contributed by atoms with Crippen LogP contribution in [0.4, 0.5) is 5.69 Å². The fourth-order valence-electron chi connectivity index (χ4n) is 2.09. The average Bonchev–Trinajstić information content (AvgIpc) is 2.92. The van der Waals surface area contributed by atoms with Gasteiger partial charge >= 0.3 is 0 Å². The fourth-order valence-corrected chi connectivity index (χ4v) is 3.66. The standard InChI is InChI=1S/C14H16Cl2N5OP/c1-8(15)13(21-14(16)17-2)20-10-6-5-9-11(19-7-18-9)12(10)23(3,4)22/h5-7,20H,2H2,1,3-4H3,(H,18,19)/b13-8+,21-14?. The Hall–Kier alpha value is -1.62. The van der Waals surface area contributed by atoms with Crippen LogP contribution in [0.2, 0.25) is 0 Å². The predicted molar refractivity (Wildman–Crippen MR) is 100 cm³/mol. The van der Waals surface area contributed by atoms with Gasteiger partial charge in [-0.25, -0.2) is 9.98 Å². The highest BCUT2D eigenvalue weighted by Gasteiger charge is 2.22. The number of H-pyrrole nitrogens is 1. The van der Waals surface area contributed by atoms with Crippen LogP contribution in [-0.4, -0.2) is 35.3 Å². The first kappa shape index (κ1) is 17.7. The topological polar surface area (TPSA) is 82.5 Å². The number of nitrogens with zero attached hydrogens (tertiary/aromatic N) is 3. The van der Waals surface area contributed by atoms with Gasteiger partial charge in [0.25, 0.3) is 0 Å². The van der Waals surface area contributed by atoms with Crippen molar-refractivity contribution in [1.82, 2.24) is 9.97 Å². The van der Waals surface area contributed by atoms with Crippen LogP contribution in [0.1, 0.15) is 6.92 Å². The third-order valence-corrected chi connectivity index (χ3v) is 4.93. The lowest BCUT2D eigenvalue weighted by Gasteiger charge is -2.16. The second kappa shape index (κ2) is 6.87. The van der Waals surface area contributed by atoms with Crippen LogP contribution in [0.3, 0.4) is 0 Å². The zero-order valence-electron chi connectivity index (χ0n) is 12.9. The molecule has 0 saturated carbocycles. The molecular weight excluding hydrogens is 356 g/mol. The van der Waals surface area contributed by atoms with Gasteiger partial charge in [0.05, 0.1) is 27.9 Å². The molecule has 2 aromatic rings. The van der Waals surface area contributed by atoms with Gasteiger partial charge in [0.1, 0.15) is 18.5 Å². The first-order valence-electron chi connectivity index (χ1n) is 6.60. The highest BCUT2D eigenvalue weighted by Crippen LogP contribution is 2.40. The normalized spacial score (nSPS) is 13.9. The quantitative estimate of drug-likeness (QED) is 0.369. The summed E-state index contributed by atoms with van der Waals surface area (Å²) in [6, 6.07) is 3.63. The van der Waals surface area contributed by atoms with Crippen LogP contribution in [0.15, 0.2) is 39.3 Å². The van der Waals surface area contributed by atoms with Gasteiger partial charge in [-0.05, 0) is 50.7 Å². The van der Waals surface area contributed by atoms with E-state index in [9.17, 15) is 4.57 Å². The smallest absolute Gasteiger partial charge is 0.223 e. The molecule has 122 valence electrons. The minimum atomic E-state index is -2.62. The largest absolute Gasteiger partial charge is 0.345 e. The zero-order chi connectivity index (χ0) is 17.2. The van der Waals surface area contributed by atoms with Crippen molar-refractivity contribution in [2.45, 2.75) is 6.92 Å². The first-order chi connectivity index (χ1) is 10.7. The Balaban J connectivity index is 2.62. The molecule has 0 fully saturated rings. The summed E-state index contributed by atoms with van der Waals surface area (Å²) in [6.07, 6.45) is 1.56. The lowest BCUT2D eigenvalue weighted by atomic mass is 10.2. The molecule has 6 nitrogen and oxygen atoms in total. The van der Waals surface area contributed by atoms with Crippen molar-refractivity contribution in [3.05, 3.63) is 29.3 Å². The van der Waals surface area contributed by atoms with Crippen molar-refractivity contribution >= 4 is 64.4 Å². The van der Waals surface area contributed by atoms with E-state index in [-0.39, 0.29) is 5.29 Å². The number of allylic oxidation sites excluding steroid dienone is 1. The molecule has 23 heavy (non-hydrogen) atoms. The molecule has 0 saturated heterocycles. The number of rotatable bonds is 4. The third kappa shape index (κ3) is 4.02. The lowest BCUT2D eigenvalue weighted by Crippen LogP contribution is -2.14. The van der Waals surface area contributed by atoms with E-state index in [1.54, 1.807) is 32.6 Å². The van der Waals surface area contributed by atoms with Crippen LogP contribution in [0.5, 0.6) is 0 Å². The van der Waals surface area contributed by atoms with Crippen molar-refractivity contribution in [2.75, 3.05) is 18.6 Å². The minimum absolute atomic E-state index is 0.0499. The SMILES string of the molecule is C=NC(Cl)=N/C(Nc1ccc2[nH]cnc2c1P(C)(C)=O)=C(\C)Cl. The molecule has 1 aromatic carbocycles. The van der Waals surface area contributed by atoms with Crippen LogP contribution < -0.4 is 10.6 Å². The van der Waals surface area contributed by atoms with Crippen molar-refractivity contribution in [2.24, 2.45) is 9.98 Å². The highest BCUT2D eigenvalue weighted by molar-refractivity contribution is 7.71. The fraction of sp³-hybridized carbons (Fsp3) is 0.214. The number of nitrogens with one attached hydrogen (secondary N) is 2. The van der Waals surface area contributed by atoms with Crippen LogP contribution in [-0.2, 0) is 4.57 Å². The molecule has 9 heteroatoms. The molecule has 0 unspecified atom stereocenters. The Morgan fingerprint density at radius 2 is 2.09 bits per heavy atom. The summed E-state index contributed by atoms with van der Waals surface area (Å²) in [6.45, 7) is 8.32. The van der Waals surface area contributed by atoms with Crippen LogP contribution in [0.25, 0.3) is 11.0 Å². The summed E-state index contributed by atoms with van der Waals surface area (Å²) in [5, 5.41) is 4.00. The molecule has 1 heterocycles. The Morgan fingerprint density at radius 3 is 2.65 bits per heavy atom. The van der Waals surface area contributed by atoms with Crippen molar-refractivity contribution < 1.29 is 4.57 Å². The van der Waals surface area contributed by atoms with E-state index in [1.165, 1.54) is 0 Å². The monoisotopic (exact) mass is 371 g/mol. The number of benzene rings is 1. The number of aromatic nitrogens is 2.